The second-order valence-electron chi connectivity index (χ2n) is 4.81. The van der Waals surface area contributed by atoms with Gasteiger partial charge in [-0.3, -0.25) is 4.79 Å². The van der Waals surface area contributed by atoms with Gasteiger partial charge in [0.15, 0.2) is 0 Å². The number of rotatable bonds is 4. The van der Waals surface area contributed by atoms with Gasteiger partial charge in [-0.15, -0.1) is 0 Å². The summed E-state index contributed by atoms with van der Waals surface area (Å²) in [5.74, 6) is -0.369. The number of carbonyl (C=O) groups excluding carboxylic acids is 1. The van der Waals surface area contributed by atoms with E-state index in [0.717, 1.165) is 17.7 Å². The molecule has 0 spiro atoms. The van der Waals surface area contributed by atoms with Crippen LogP contribution in [0.4, 0.5) is 0 Å². The fourth-order valence-corrected chi connectivity index (χ4v) is 2.41. The van der Waals surface area contributed by atoms with E-state index in [-0.39, 0.29) is 5.91 Å². The molecule has 0 heterocycles. The highest BCUT2D eigenvalue weighted by Crippen LogP contribution is 2.20. The molecule has 0 atom stereocenters. The molecule has 0 bridgehead atoms. The van der Waals surface area contributed by atoms with Crippen molar-refractivity contribution in [2.24, 2.45) is 5.10 Å². The van der Waals surface area contributed by atoms with Crippen molar-refractivity contribution in [2.45, 2.75) is 20.3 Å². The van der Waals surface area contributed by atoms with Gasteiger partial charge >= 0.3 is 0 Å². The fraction of sp³-hybridized carbons (Fsp3) is 0.176. The van der Waals surface area contributed by atoms with Crippen molar-refractivity contribution >= 4 is 34.8 Å². The van der Waals surface area contributed by atoms with E-state index in [1.54, 1.807) is 12.1 Å². The molecule has 0 saturated carbocycles. The first-order valence-electron chi connectivity index (χ1n) is 6.90. The van der Waals surface area contributed by atoms with Crippen LogP contribution in [-0.4, -0.2) is 11.6 Å². The molecule has 1 N–H and O–H groups in total. The third-order valence-corrected chi connectivity index (χ3v) is 3.83. The van der Waals surface area contributed by atoms with Crippen LogP contribution >= 0.6 is 23.2 Å². The monoisotopic (exact) mass is 334 g/mol. The zero-order chi connectivity index (χ0) is 16.1. The van der Waals surface area contributed by atoms with Crippen molar-refractivity contribution in [3.8, 4) is 0 Å². The summed E-state index contributed by atoms with van der Waals surface area (Å²) in [5.41, 5.74) is 5.78. The molecule has 0 unspecified atom stereocenters. The minimum Gasteiger partial charge on any atom is -0.267 e. The van der Waals surface area contributed by atoms with Gasteiger partial charge in [-0.05, 0) is 42.7 Å². The number of amides is 1. The van der Waals surface area contributed by atoms with Crippen molar-refractivity contribution < 1.29 is 4.79 Å². The quantitative estimate of drug-likeness (QED) is 0.638. The Morgan fingerprint density at radius 2 is 1.82 bits per heavy atom. The van der Waals surface area contributed by atoms with Crippen molar-refractivity contribution in [1.82, 2.24) is 5.43 Å². The molecule has 0 aliphatic carbocycles. The van der Waals surface area contributed by atoms with Gasteiger partial charge < -0.3 is 0 Å². The summed E-state index contributed by atoms with van der Waals surface area (Å²) in [6, 6.07) is 12.8. The second kappa shape index (κ2) is 7.43. The van der Waals surface area contributed by atoms with E-state index < -0.39 is 0 Å². The maximum absolute atomic E-state index is 12.1. The van der Waals surface area contributed by atoms with Crippen LogP contribution in [0.3, 0.4) is 0 Å². The predicted molar refractivity (Wildman–Crippen MR) is 92.0 cm³/mol. The zero-order valence-electron chi connectivity index (χ0n) is 12.4. The lowest BCUT2D eigenvalue weighted by molar-refractivity contribution is 0.0955. The number of nitrogens with zero attached hydrogens (tertiary/aromatic N) is 1. The SMILES string of the molecule is CCc1ccc(/C(C)=N/NC(=O)c2ccc(Cl)cc2Cl)cc1. The molecule has 2 rings (SSSR count). The normalized spacial score (nSPS) is 11.4. The molecule has 0 saturated heterocycles. The fourth-order valence-electron chi connectivity index (χ4n) is 1.91. The van der Waals surface area contributed by atoms with Crippen LogP contribution in [0.15, 0.2) is 47.6 Å². The highest BCUT2D eigenvalue weighted by Gasteiger charge is 2.10. The number of hydrogen-bond acceptors (Lipinski definition) is 2. The highest BCUT2D eigenvalue weighted by atomic mass is 35.5. The number of halogens is 2. The van der Waals surface area contributed by atoms with E-state index in [4.69, 9.17) is 23.2 Å². The van der Waals surface area contributed by atoms with E-state index in [1.807, 2.05) is 31.2 Å². The molecule has 0 aliphatic rings. The van der Waals surface area contributed by atoms with Crippen LogP contribution in [0.1, 0.15) is 35.3 Å². The van der Waals surface area contributed by atoms with Gasteiger partial charge in [0.05, 0.1) is 16.3 Å². The molecule has 3 nitrogen and oxygen atoms in total. The van der Waals surface area contributed by atoms with Gasteiger partial charge in [-0.25, -0.2) is 5.43 Å². The Labute approximate surface area is 139 Å². The molecule has 0 aromatic heterocycles. The van der Waals surface area contributed by atoms with Crippen molar-refractivity contribution in [2.75, 3.05) is 0 Å². The summed E-state index contributed by atoms with van der Waals surface area (Å²) < 4.78 is 0. The number of carbonyl (C=O) groups is 1. The van der Waals surface area contributed by atoms with Crippen LogP contribution in [0, 0.1) is 0 Å². The van der Waals surface area contributed by atoms with E-state index in [1.165, 1.54) is 11.6 Å². The molecule has 5 heteroatoms. The molecule has 2 aromatic carbocycles. The summed E-state index contributed by atoms with van der Waals surface area (Å²) in [5, 5.41) is 4.90. The second-order valence-corrected chi connectivity index (χ2v) is 5.66. The maximum Gasteiger partial charge on any atom is 0.272 e. The summed E-state index contributed by atoms with van der Waals surface area (Å²) in [6.45, 7) is 3.94. The smallest absolute Gasteiger partial charge is 0.267 e. The van der Waals surface area contributed by atoms with E-state index in [0.29, 0.717) is 15.6 Å². The Balaban J connectivity index is 2.10. The lowest BCUT2D eigenvalue weighted by Gasteiger charge is -2.05. The molecular weight excluding hydrogens is 319 g/mol. The number of aryl methyl sites for hydroxylation is 1. The molecular formula is C17H16Cl2N2O. The van der Waals surface area contributed by atoms with Gasteiger partial charge in [-0.2, -0.15) is 5.10 Å². The Kier molecular flexibility index (Phi) is 5.58. The molecule has 22 heavy (non-hydrogen) atoms. The van der Waals surface area contributed by atoms with Gasteiger partial charge in [0, 0.05) is 5.02 Å². The molecule has 0 radical (unpaired) electrons. The summed E-state index contributed by atoms with van der Waals surface area (Å²) in [6.07, 6.45) is 0.988. The van der Waals surface area contributed by atoms with Gasteiger partial charge in [0.2, 0.25) is 0 Å². The Bertz CT molecular complexity index is 709. The van der Waals surface area contributed by atoms with E-state index in [9.17, 15) is 4.79 Å². The predicted octanol–water partition coefficient (Wildman–Crippen LogP) is 4.71. The standard InChI is InChI=1S/C17H16Cl2N2O/c1-3-12-4-6-13(7-5-12)11(2)20-21-17(22)15-9-8-14(18)10-16(15)19/h4-10H,3H2,1-2H3,(H,21,22)/b20-11+. The van der Waals surface area contributed by atoms with Crippen LogP contribution in [-0.2, 0) is 6.42 Å². The van der Waals surface area contributed by atoms with Crippen molar-refractivity contribution in [3.63, 3.8) is 0 Å². The largest absolute Gasteiger partial charge is 0.272 e. The van der Waals surface area contributed by atoms with Gasteiger partial charge in [0.25, 0.3) is 5.91 Å². The topological polar surface area (TPSA) is 41.5 Å². The number of benzene rings is 2. The summed E-state index contributed by atoms with van der Waals surface area (Å²) in [7, 11) is 0. The molecule has 2 aromatic rings. The maximum atomic E-state index is 12.1. The Morgan fingerprint density at radius 3 is 2.41 bits per heavy atom. The number of hydrazone groups is 1. The number of hydrogen-bond donors (Lipinski definition) is 1. The first-order chi connectivity index (χ1) is 10.5. The Morgan fingerprint density at radius 1 is 1.14 bits per heavy atom. The van der Waals surface area contributed by atoms with Crippen LogP contribution in [0.5, 0.6) is 0 Å². The molecule has 0 aliphatic heterocycles. The minimum atomic E-state index is -0.369. The summed E-state index contributed by atoms with van der Waals surface area (Å²) >= 11 is 11.8. The van der Waals surface area contributed by atoms with Crippen molar-refractivity contribution in [1.29, 1.82) is 0 Å². The highest BCUT2D eigenvalue weighted by molar-refractivity contribution is 6.36. The zero-order valence-corrected chi connectivity index (χ0v) is 13.9. The van der Waals surface area contributed by atoms with Gasteiger partial charge in [-0.1, -0.05) is 54.4 Å². The Hall–Kier alpha value is -1.84. The van der Waals surface area contributed by atoms with Crippen LogP contribution in [0.25, 0.3) is 0 Å². The lowest BCUT2D eigenvalue weighted by Crippen LogP contribution is -2.19. The third kappa shape index (κ3) is 4.09. The number of nitrogens with one attached hydrogen (secondary N) is 1. The van der Waals surface area contributed by atoms with E-state index >= 15 is 0 Å². The summed E-state index contributed by atoms with van der Waals surface area (Å²) in [4.78, 5) is 12.1. The van der Waals surface area contributed by atoms with Crippen molar-refractivity contribution in [3.05, 3.63) is 69.2 Å². The first kappa shape index (κ1) is 16.5. The molecule has 1 amide bonds. The average molecular weight is 335 g/mol. The average Bonchev–Trinajstić information content (AvgIpc) is 2.52. The van der Waals surface area contributed by atoms with Gasteiger partial charge in [0.1, 0.15) is 0 Å². The van der Waals surface area contributed by atoms with E-state index in [2.05, 4.69) is 17.5 Å². The van der Waals surface area contributed by atoms with Crippen LogP contribution < -0.4 is 5.43 Å². The lowest BCUT2D eigenvalue weighted by atomic mass is 10.1. The molecule has 114 valence electrons. The first-order valence-corrected chi connectivity index (χ1v) is 7.66. The third-order valence-electron chi connectivity index (χ3n) is 3.28. The van der Waals surface area contributed by atoms with Crippen LogP contribution in [0.2, 0.25) is 10.0 Å². The molecule has 0 fully saturated rings. The minimum absolute atomic E-state index is 0.296.